The molecule has 1 atom stereocenters. The van der Waals surface area contributed by atoms with E-state index in [2.05, 4.69) is 30.7 Å². The fraction of sp³-hybridized carbons (Fsp3) is 0.531. The Kier molecular flexibility index (Phi) is 10.3. The van der Waals surface area contributed by atoms with Crippen LogP contribution in [0.3, 0.4) is 0 Å². The molecule has 0 saturated heterocycles. The third kappa shape index (κ3) is 8.04. The van der Waals surface area contributed by atoms with Crippen molar-refractivity contribution in [1.29, 1.82) is 0 Å². The molecule has 3 aromatic rings. The van der Waals surface area contributed by atoms with Crippen LogP contribution in [0.4, 0.5) is 0 Å². The molecule has 12 heteroatoms. The zero-order valence-electron chi connectivity index (χ0n) is 25.5. The predicted molar refractivity (Wildman–Crippen MR) is 163 cm³/mol. The first-order valence-electron chi connectivity index (χ1n) is 15.4. The van der Waals surface area contributed by atoms with Gasteiger partial charge in [-0.2, -0.15) is 5.10 Å². The van der Waals surface area contributed by atoms with Crippen LogP contribution in [0.15, 0.2) is 36.5 Å². The van der Waals surface area contributed by atoms with Crippen LogP contribution in [0.1, 0.15) is 50.3 Å². The van der Waals surface area contributed by atoms with E-state index in [1.54, 1.807) is 26.3 Å². The van der Waals surface area contributed by atoms with Crippen LogP contribution in [-0.4, -0.2) is 84.4 Å². The van der Waals surface area contributed by atoms with E-state index in [9.17, 15) is 14.4 Å². The summed E-state index contributed by atoms with van der Waals surface area (Å²) in [6, 6.07) is 9.31. The highest BCUT2D eigenvalue weighted by atomic mass is 16.5. The maximum atomic E-state index is 13.6. The Labute approximate surface area is 257 Å². The van der Waals surface area contributed by atoms with Gasteiger partial charge in [-0.25, -0.2) is 4.98 Å². The van der Waals surface area contributed by atoms with Gasteiger partial charge in [0.05, 0.1) is 24.8 Å². The predicted octanol–water partition coefficient (Wildman–Crippen LogP) is 2.77. The molecule has 1 aromatic carbocycles. The number of nitrogens with one attached hydrogen (secondary N) is 3. The number of fused-ring (bicyclic) bond motifs is 3. The molecule has 2 bridgehead atoms. The fourth-order valence-electron chi connectivity index (χ4n) is 5.81. The molecule has 2 amide bonds. The van der Waals surface area contributed by atoms with Crippen LogP contribution >= 0.6 is 0 Å². The molecule has 236 valence electrons. The van der Waals surface area contributed by atoms with Gasteiger partial charge in [-0.3, -0.25) is 24.4 Å². The number of esters is 1. The van der Waals surface area contributed by atoms with E-state index in [1.165, 1.54) is 0 Å². The summed E-state index contributed by atoms with van der Waals surface area (Å²) in [5, 5.41) is 14.3. The van der Waals surface area contributed by atoms with Gasteiger partial charge in [0.25, 0.3) is 5.91 Å². The number of hydrogen-bond donors (Lipinski definition) is 3. The number of pyridine rings is 1. The summed E-state index contributed by atoms with van der Waals surface area (Å²) in [4.78, 5) is 45.9. The summed E-state index contributed by atoms with van der Waals surface area (Å²) in [6.45, 7) is 4.17. The van der Waals surface area contributed by atoms with Crippen molar-refractivity contribution in [3.63, 3.8) is 0 Å². The van der Waals surface area contributed by atoms with Gasteiger partial charge in [-0.15, -0.1) is 0 Å². The maximum Gasteiger partial charge on any atom is 0.314 e. The monoisotopic (exact) mass is 606 g/mol. The molecular formula is C32H42N6O6. The van der Waals surface area contributed by atoms with Gasteiger partial charge in [-0.05, 0) is 68.5 Å². The van der Waals surface area contributed by atoms with Gasteiger partial charge in [0.15, 0.2) is 23.8 Å². The van der Waals surface area contributed by atoms with Crippen molar-refractivity contribution in [2.45, 2.75) is 52.0 Å². The van der Waals surface area contributed by atoms with E-state index in [4.69, 9.17) is 14.2 Å². The molecule has 0 radical (unpaired) electrons. The highest BCUT2D eigenvalue weighted by molar-refractivity contribution is 5.81. The smallest absolute Gasteiger partial charge is 0.314 e. The third-order valence-corrected chi connectivity index (χ3v) is 8.26. The molecule has 3 heterocycles. The van der Waals surface area contributed by atoms with Crippen molar-refractivity contribution in [2.75, 3.05) is 46.5 Å². The Morgan fingerprint density at radius 2 is 2.02 bits per heavy atom. The second-order valence-corrected chi connectivity index (χ2v) is 11.7. The number of aromatic amines is 1. The average molecular weight is 607 g/mol. The Morgan fingerprint density at radius 3 is 2.82 bits per heavy atom. The summed E-state index contributed by atoms with van der Waals surface area (Å²) >= 11 is 0. The van der Waals surface area contributed by atoms with E-state index in [0.717, 1.165) is 29.5 Å². The molecule has 2 aliphatic rings. The molecule has 1 unspecified atom stereocenters. The molecule has 1 saturated carbocycles. The summed E-state index contributed by atoms with van der Waals surface area (Å²) in [6.07, 6.45) is 5.69. The average Bonchev–Trinajstić information content (AvgIpc) is 3.75. The maximum absolute atomic E-state index is 13.6. The van der Waals surface area contributed by atoms with Gasteiger partial charge in [0.1, 0.15) is 0 Å². The minimum atomic E-state index is -0.927. The van der Waals surface area contributed by atoms with E-state index in [1.807, 2.05) is 24.3 Å². The van der Waals surface area contributed by atoms with E-state index in [-0.39, 0.29) is 37.5 Å². The molecule has 1 fully saturated rings. The largest absolute Gasteiger partial charge is 0.493 e. The molecule has 44 heavy (non-hydrogen) atoms. The van der Waals surface area contributed by atoms with Crippen molar-refractivity contribution in [3.8, 4) is 11.5 Å². The lowest BCUT2D eigenvalue weighted by molar-refractivity contribution is -0.156. The Balaban J connectivity index is 1.38. The van der Waals surface area contributed by atoms with Crippen molar-refractivity contribution in [3.05, 3.63) is 47.8 Å². The summed E-state index contributed by atoms with van der Waals surface area (Å²) in [5.41, 5.74) is 1.47. The number of H-pyrrole nitrogens is 1. The van der Waals surface area contributed by atoms with Crippen LogP contribution in [0.5, 0.6) is 11.5 Å². The number of methoxy groups -OCH3 is 1. The first-order chi connectivity index (χ1) is 21.4. The zero-order valence-corrected chi connectivity index (χ0v) is 25.5. The molecule has 12 nitrogen and oxygen atoms in total. The summed E-state index contributed by atoms with van der Waals surface area (Å²) in [5.74, 6) is 0.625. The minimum Gasteiger partial charge on any atom is -0.493 e. The van der Waals surface area contributed by atoms with Crippen LogP contribution < -0.4 is 20.1 Å². The van der Waals surface area contributed by atoms with Crippen molar-refractivity contribution in [1.82, 2.24) is 30.7 Å². The normalized spacial score (nSPS) is 21.0. The topological polar surface area (TPSA) is 148 Å². The standard InChI is InChI=1S/C32H42N6O6/c1-3-43-31(41)32(17-22-8-9-22)18-23-10-11-26(42-2)27(16-23)44-20-29(40)33-13-15-38(14-5-7-28(39)35-21-32)19-25-24-6-4-12-34-30(24)37-36-25/h4,6,10-12,16,22H,3,5,7-9,13-15,17-21H2,1-2H3,(H,33,40)(H,35,39)(H,34,36,37). The number of aromatic nitrogens is 3. The molecule has 2 aromatic heterocycles. The highest BCUT2D eigenvalue weighted by Gasteiger charge is 2.44. The van der Waals surface area contributed by atoms with Gasteiger partial charge in [0.2, 0.25) is 5.91 Å². The van der Waals surface area contributed by atoms with Crippen LogP contribution in [0.2, 0.25) is 0 Å². The van der Waals surface area contributed by atoms with Gasteiger partial charge in [0, 0.05) is 44.2 Å². The SMILES string of the molecule is CCOC(=O)C1(CC2CC2)CNC(=O)CCCN(Cc2[nH]nc3ncccc23)CCNC(=O)COc2cc(ccc2OC)C1. The lowest BCUT2D eigenvalue weighted by atomic mass is 9.76. The number of rotatable bonds is 7. The number of hydrogen-bond acceptors (Lipinski definition) is 9. The van der Waals surface area contributed by atoms with Crippen LogP contribution in [0, 0.1) is 11.3 Å². The summed E-state index contributed by atoms with van der Waals surface area (Å²) in [7, 11) is 1.54. The Hall–Kier alpha value is -4.19. The second kappa shape index (κ2) is 14.5. The minimum absolute atomic E-state index is 0.112. The lowest BCUT2D eigenvalue weighted by Crippen LogP contribution is -2.46. The number of carbonyl (C=O) groups is 3. The van der Waals surface area contributed by atoms with Crippen molar-refractivity contribution in [2.24, 2.45) is 11.3 Å². The van der Waals surface area contributed by atoms with Crippen LogP contribution in [-0.2, 0) is 32.1 Å². The van der Waals surface area contributed by atoms with Gasteiger partial charge in [-0.1, -0.05) is 18.9 Å². The van der Waals surface area contributed by atoms with Crippen molar-refractivity contribution >= 4 is 28.8 Å². The number of nitrogens with zero attached hydrogens (tertiary/aromatic N) is 3. The first-order valence-corrected chi connectivity index (χ1v) is 15.4. The number of carbonyl (C=O) groups excluding carboxylic acids is 3. The molecule has 1 aliphatic heterocycles. The molecule has 5 rings (SSSR count). The Bertz CT molecular complexity index is 1460. The molecular weight excluding hydrogens is 564 g/mol. The van der Waals surface area contributed by atoms with E-state index < -0.39 is 5.41 Å². The fourth-order valence-corrected chi connectivity index (χ4v) is 5.81. The van der Waals surface area contributed by atoms with Crippen LogP contribution in [0.25, 0.3) is 11.0 Å². The van der Waals surface area contributed by atoms with E-state index in [0.29, 0.717) is 74.9 Å². The lowest BCUT2D eigenvalue weighted by Gasteiger charge is -2.32. The second-order valence-electron chi connectivity index (χ2n) is 11.7. The molecule has 1 aliphatic carbocycles. The van der Waals surface area contributed by atoms with Gasteiger partial charge < -0.3 is 24.8 Å². The van der Waals surface area contributed by atoms with Crippen molar-refractivity contribution < 1.29 is 28.6 Å². The zero-order chi connectivity index (χ0) is 30.9. The molecule has 0 spiro atoms. The highest BCUT2D eigenvalue weighted by Crippen LogP contribution is 2.43. The number of ether oxygens (including phenoxy) is 3. The third-order valence-electron chi connectivity index (χ3n) is 8.26. The summed E-state index contributed by atoms with van der Waals surface area (Å²) < 4.78 is 17.0. The quantitative estimate of drug-likeness (QED) is 0.345. The number of amides is 2. The Morgan fingerprint density at radius 1 is 1.16 bits per heavy atom. The number of benzene rings is 1. The van der Waals surface area contributed by atoms with Gasteiger partial charge >= 0.3 is 5.97 Å². The van der Waals surface area contributed by atoms with E-state index >= 15 is 0 Å². The first kappa shape index (κ1) is 31.2. The molecule has 3 N–H and O–H groups in total.